The van der Waals surface area contributed by atoms with Gasteiger partial charge in [0.15, 0.2) is 0 Å². The second-order valence-corrected chi connectivity index (χ2v) is 7.27. The van der Waals surface area contributed by atoms with Crippen LogP contribution >= 0.6 is 0 Å². The van der Waals surface area contributed by atoms with E-state index in [1.165, 1.54) is 84.1 Å². The molecule has 1 saturated carbocycles. The molecule has 0 aromatic rings. The van der Waals surface area contributed by atoms with Crippen molar-refractivity contribution in [3.63, 3.8) is 0 Å². The zero-order valence-corrected chi connectivity index (χ0v) is 13.3. The fourth-order valence-corrected chi connectivity index (χ4v) is 4.41. The van der Waals surface area contributed by atoms with Gasteiger partial charge in [0.2, 0.25) is 0 Å². The van der Waals surface area contributed by atoms with E-state index in [0.717, 1.165) is 12.1 Å². The van der Waals surface area contributed by atoms with Crippen LogP contribution in [-0.4, -0.2) is 60.6 Å². The summed E-state index contributed by atoms with van der Waals surface area (Å²) in [4.78, 5) is 5.49. The standard InChI is InChI=1S/C17H33N3/c1-15(13-18-16-7-3-2-4-8-16)20-12-6-11-19-10-5-9-17(19)14-20/h15-18H,2-14H2,1H3. The summed E-state index contributed by atoms with van der Waals surface area (Å²) in [6.07, 6.45) is 11.4. The van der Waals surface area contributed by atoms with Gasteiger partial charge in [-0.25, -0.2) is 0 Å². The molecule has 2 heterocycles. The number of nitrogens with zero attached hydrogens (tertiary/aromatic N) is 2. The van der Waals surface area contributed by atoms with Gasteiger partial charge < -0.3 is 5.32 Å². The fourth-order valence-electron chi connectivity index (χ4n) is 4.41. The van der Waals surface area contributed by atoms with Gasteiger partial charge in [0.05, 0.1) is 0 Å². The van der Waals surface area contributed by atoms with Gasteiger partial charge in [-0.15, -0.1) is 0 Å². The monoisotopic (exact) mass is 279 g/mol. The van der Waals surface area contributed by atoms with Crippen molar-refractivity contribution < 1.29 is 0 Å². The van der Waals surface area contributed by atoms with Crippen molar-refractivity contribution in [1.82, 2.24) is 15.1 Å². The molecule has 1 aliphatic carbocycles. The van der Waals surface area contributed by atoms with Gasteiger partial charge in [-0.2, -0.15) is 0 Å². The van der Waals surface area contributed by atoms with E-state index in [1.54, 1.807) is 0 Å². The van der Waals surface area contributed by atoms with Crippen molar-refractivity contribution in [3.05, 3.63) is 0 Å². The van der Waals surface area contributed by atoms with Crippen LogP contribution in [0.4, 0.5) is 0 Å². The van der Waals surface area contributed by atoms with Crippen LogP contribution in [0.25, 0.3) is 0 Å². The summed E-state index contributed by atoms with van der Waals surface area (Å²) in [5.74, 6) is 0. The lowest BCUT2D eigenvalue weighted by molar-refractivity contribution is 0.174. The van der Waals surface area contributed by atoms with E-state index in [2.05, 4.69) is 22.0 Å². The van der Waals surface area contributed by atoms with Crippen LogP contribution < -0.4 is 5.32 Å². The van der Waals surface area contributed by atoms with Crippen molar-refractivity contribution in [3.8, 4) is 0 Å². The Morgan fingerprint density at radius 3 is 2.60 bits per heavy atom. The summed E-state index contributed by atoms with van der Waals surface area (Å²) in [6, 6.07) is 2.37. The second kappa shape index (κ2) is 7.24. The quantitative estimate of drug-likeness (QED) is 0.853. The molecule has 0 radical (unpaired) electrons. The molecule has 0 bridgehead atoms. The molecule has 3 nitrogen and oxygen atoms in total. The van der Waals surface area contributed by atoms with Crippen LogP contribution in [0.1, 0.15) is 58.3 Å². The van der Waals surface area contributed by atoms with Crippen molar-refractivity contribution in [1.29, 1.82) is 0 Å². The van der Waals surface area contributed by atoms with E-state index in [-0.39, 0.29) is 0 Å². The third-order valence-electron chi connectivity index (χ3n) is 5.77. The zero-order valence-electron chi connectivity index (χ0n) is 13.3. The summed E-state index contributed by atoms with van der Waals surface area (Å²) in [5, 5.41) is 3.84. The van der Waals surface area contributed by atoms with Crippen LogP contribution in [0.5, 0.6) is 0 Å². The molecule has 0 aromatic carbocycles. The summed E-state index contributed by atoms with van der Waals surface area (Å²) >= 11 is 0. The number of fused-ring (bicyclic) bond motifs is 1. The first-order valence-corrected chi connectivity index (χ1v) is 9.04. The number of hydrogen-bond donors (Lipinski definition) is 1. The highest BCUT2D eigenvalue weighted by atomic mass is 15.3. The largest absolute Gasteiger partial charge is 0.312 e. The van der Waals surface area contributed by atoms with Gasteiger partial charge in [0.25, 0.3) is 0 Å². The maximum atomic E-state index is 3.84. The van der Waals surface area contributed by atoms with Crippen molar-refractivity contribution in [2.45, 2.75) is 76.4 Å². The lowest BCUT2D eigenvalue weighted by Gasteiger charge is -2.32. The van der Waals surface area contributed by atoms with Crippen molar-refractivity contribution in [2.75, 3.05) is 32.7 Å². The third-order valence-corrected chi connectivity index (χ3v) is 5.77. The summed E-state index contributed by atoms with van der Waals surface area (Å²) in [6.45, 7) is 8.93. The fraction of sp³-hybridized carbons (Fsp3) is 1.00. The highest BCUT2D eigenvalue weighted by Crippen LogP contribution is 2.22. The van der Waals surface area contributed by atoms with Gasteiger partial charge in [0, 0.05) is 31.2 Å². The second-order valence-electron chi connectivity index (χ2n) is 7.27. The molecule has 20 heavy (non-hydrogen) atoms. The van der Waals surface area contributed by atoms with Gasteiger partial charge in [-0.1, -0.05) is 19.3 Å². The molecule has 3 rings (SSSR count). The van der Waals surface area contributed by atoms with Crippen LogP contribution in [0.15, 0.2) is 0 Å². The zero-order chi connectivity index (χ0) is 13.8. The van der Waals surface area contributed by atoms with Crippen LogP contribution in [0.3, 0.4) is 0 Å². The predicted molar refractivity (Wildman–Crippen MR) is 85.1 cm³/mol. The Balaban J connectivity index is 1.44. The molecular formula is C17H33N3. The Hall–Kier alpha value is -0.120. The van der Waals surface area contributed by atoms with E-state index in [9.17, 15) is 0 Å². The van der Waals surface area contributed by atoms with Gasteiger partial charge in [0.1, 0.15) is 0 Å². The van der Waals surface area contributed by atoms with Gasteiger partial charge >= 0.3 is 0 Å². The first-order chi connectivity index (χ1) is 9.83. The molecule has 2 aliphatic heterocycles. The Bertz CT molecular complexity index is 288. The molecule has 1 N–H and O–H groups in total. The van der Waals surface area contributed by atoms with E-state index in [0.29, 0.717) is 6.04 Å². The van der Waals surface area contributed by atoms with E-state index in [1.807, 2.05) is 0 Å². The van der Waals surface area contributed by atoms with Crippen LogP contribution in [0, 0.1) is 0 Å². The normalized spacial score (nSPS) is 31.9. The molecule has 3 aliphatic rings. The van der Waals surface area contributed by atoms with Gasteiger partial charge in [-0.3, -0.25) is 9.80 Å². The minimum absolute atomic E-state index is 0.706. The number of hydrogen-bond acceptors (Lipinski definition) is 3. The smallest absolute Gasteiger partial charge is 0.0223 e. The highest BCUT2D eigenvalue weighted by Gasteiger charge is 2.30. The predicted octanol–water partition coefficient (Wildman–Crippen LogP) is 2.47. The lowest BCUT2D eigenvalue weighted by Crippen LogP contribution is -2.46. The Morgan fingerprint density at radius 2 is 1.75 bits per heavy atom. The van der Waals surface area contributed by atoms with E-state index < -0.39 is 0 Å². The molecule has 3 heteroatoms. The molecule has 2 unspecified atom stereocenters. The maximum absolute atomic E-state index is 3.84. The first kappa shape index (κ1) is 14.8. The van der Waals surface area contributed by atoms with E-state index >= 15 is 0 Å². The summed E-state index contributed by atoms with van der Waals surface area (Å²) < 4.78 is 0. The Morgan fingerprint density at radius 1 is 0.950 bits per heavy atom. The highest BCUT2D eigenvalue weighted by molar-refractivity contribution is 4.87. The minimum Gasteiger partial charge on any atom is -0.312 e. The third kappa shape index (κ3) is 3.75. The lowest BCUT2D eigenvalue weighted by atomic mass is 9.95. The average molecular weight is 279 g/mol. The van der Waals surface area contributed by atoms with E-state index in [4.69, 9.17) is 0 Å². The molecule has 0 amide bonds. The Kier molecular flexibility index (Phi) is 5.36. The molecule has 2 saturated heterocycles. The minimum atomic E-state index is 0.706. The van der Waals surface area contributed by atoms with Gasteiger partial charge in [-0.05, 0) is 58.7 Å². The van der Waals surface area contributed by atoms with Crippen LogP contribution in [-0.2, 0) is 0 Å². The maximum Gasteiger partial charge on any atom is 0.0223 e. The molecule has 3 fully saturated rings. The molecular weight excluding hydrogens is 246 g/mol. The molecule has 0 spiro atoms. The van der Waals surface area contributed by atoms with Crippen molar-refractivity contribution >= 4 is 0 Å². The Labute approximate surface area is 125 Å². The number of nitrogens with one attached hydrogen (secondary N) is 1. The first-order valence-electron chi connectivity index (χ1n) is 9.04. The molecule has 0 aromatic heterocycles. The SMILES string of the molecule is CC(CNC1CCCCC1)N1CCCN2CCCC2C1. The van der Waals surface area contributed by atoms with Crippen LogP contribution in [0.2, 0.25) is 0 Å². The number of rotatable bonds is 4. The summed E-state index contributed by atoms with van der Waals surface area (Å²) in [5.41, 5.74) is 0. The average Bonchev–Trinajstić information content (AvgIpc) is 2.83. The summed E-state index contributed by atoms with van der Waals surface area (Å²) in [7, 11) is 0. The molecule has 116 valence electrons. The molecule has 2 atom stereocenters. The topological polar surface area (TPSA) is 18.5 Å². The van der Waals surface area contributed by atoms with Crippen molar-refractivity contribution in [2.24, 2.45) is 0 Å².